The maximum Gasteiger partial charge on any atom is 0.161 e. The molecule has 2 heterocycles. The summed E-state index contributed by atoms with van der Waals surface area (Å²) in [6.07, 6.45) is 2.34. The van der Waals surface area contributed by atoms with E-state index >= 15 is 0 Å². The zero-order chi connectivity index (χ0) is 20.8. The average Bonchev–Trinajstić information content (AvgIpc) is 3.03. The zero-order valence-corrected chi connectivity index (χ0v) is 18.1. The molecule has 6 nitrogen and oxygen atoms in total. The summed E-state index contributed by atoms with van der Waals surface area (Å²) in [6.45, 7) is 14.4. The van der Waals surface area contributed by atoms with Crippen LogP contribution >= 0.6 is 0 Å². The van der Waals surface area contributed by atoms with Crippen LogP contribution in [0.1, 0.15) is 42.3 Å². The van der Waals surface area contributed by atoms with Gasteiger partial charge in [0.25, 0.3) is 0 Å². The highest BCUT2D eigenvalue weighted by atomic mass is 16.5. The van der Waals surface area contributed by atoms with Crippen molar-refractivity contribution in [2.75, 3.05) is 26.7 Å². The van der Waals surface area contributed by atoms with Crippen molar-refractivity contribution >= 4 is 0 Å². The molecule has 0 spiro atoms. The van der Waals surface area contributed by atoms with Crippen molar-refractivity contribution in [2.24, 2.45) is 0 Å². The van der Waals surface area contributed by atoms with Crippen molar-refractivity contribution in [3.63, 3.8) is 0 Å². The largest absolute Gasteiger partial charge is 0.493 e. The van der Waals surface area contributed by atoms with Gasteiger partial charge in [-0.2, -0.15) is 0 Å². The number of aromatic nitrogens is 1. The van der Waals surface area contributed by atoms with Crippen LogP contribution in [0.2, 0.25) is 0 Å². The van der Waals surface area contributed by atoms with Crippen molar-refractivity contribution in [1.29, 1.82) is 0 Å². The molecule has 1 saturated heterocycles. The van der Waals surface area contributed by atoms with Crippen LogP contribution in [-0.4, -0.2) is 42.8 Å². The third-order valence-corrected chi connectivity index (χ3v) is 5.46. The van der Waals surface area contributed by atoms with E-state index in [0.717, 1.165) is 54.7 Å². The highest BCUT2D eigenvalue weighted by molar-refractivity contribution is 5.43. The monoisotopic (exact) mass is 399 g/mol. The molecule has 0 amide bonds. The minimum absolute atomic E-state index is 0.415. The second kappa shape index (κ2) is 9.94. The molecular formula is C23H33N3O3. The summed E-state index contributed by atoms with van der Waals surface area (Å²) < 4.78 is 16.7. The van der Waals surface area contributed by atoms with E-state index in [0.29, 0.717) is 12.6 Å². The Balaban J connectivity index is 1.52. The molecule has 0 atom stereocenters. The lowest BCUT2D eigenvalue weighted by Gasteiger charge is -2.32. The molecular weight excluding hydrogens is 366 g/mol. The summed E-state index contributed by atoms with van der Waals surface area (Å²) in [7, 11) is 1.67. The van der Waals surface area contributed by atoms with Gasteiger partial charge in [-0.05, 0) is 64.4 Å². The molecule has 1 aromatic heterocycles. The van der Waals surface area contributed by atoms with Crippen LogP contribution in [0.4, 0.5) is 0 Å². The van der Waals surface area contributed by atoms with Gasteiger partial charge in [0.1, 0.15) is 12.4 Å². The SMILES string of the molecule is C=C(C)CN1CCC(NCc2ccc(OCc3c(C)noc3C)c(OC)c2)CC1. The smallest absolute Gasteiger partial charge is 0.161 e. The Bertz CT molecular complexity index is 803. The van der Waals surface area contributed by atoms with Gasteiger partial charge in [0.05, 0.1) is 18.4 Å². The predicted octanol–water partition coefficient (Wildman–Crippen LogP) is 4.01. The Morgan fingerprint density at radius 2 is 2.03 bits per heavy atom. The average molecular weight is 400 g/mol. The van der Waals surface area contributed by atoms with Crippen LogP contribution in [0.3, 0.4) is 0 Å². The Labute approximate surface area is 173 Å². The van der Waals surface area contributed by atoms with Crippen LogP contribution < -0.4 is 14.8 Å². The molecule has 1 N–H and O–H groups in total. The maximum absolute atomic E-state index is 5.97. The van der Waals surface area contributed by atoms with E-state index in [1.807, 2.05) is 26.0 Å². The van der Waals surface area contributed by atoms with Crippen LogP contribution in [-0.2, 0) is 13.2 Å². The van der Waals surface area contributed by atoms with Crippen molar-refractivity contribution in [3.8, 4) is 11.5 Å². The van der Waals surface area contributed by atoms with E-state index in [4.69, 9.17) is 14.0 Å². The number of nitrogens with one attached hydrogen (secondary N) is 1. The molecule has 0 unspecified atom stereocenters. The molecule has 1 aliphatic heterocycles. The first kappa shape index (κ1) is 21.4. The Kier molecular flexibility index (Phi) is 7.34. The third kappa shape index (κ3) is 5.84. The fraction of sp³-hybridized carbons (Fsp3) is 0.522. The van der Waals surface area contributed by atoms with E-state index < -0.39 is 0 Å². The minimum Gasteiger partial charge on any atom is -0.493 e. The summed E-state index contributed by atoms with van der Waals surface area (Å²) >= 11 is 0. The molecule has 1 aromatic carbocycles. The van der Waals surface area contributed by atoms with Gasteiger partial charge in [0, 0.05) is 19.1 Å². The van der Waals surface area contributed by atoms with Gasteiger partial charge < -0.3 is 19.3 Å². The number of rotatable bonds is 9. The number of piperidine rings is 1. The normalized spacial score (nSPS) is 15.4. The lowest BCUT2D eigenvalue weighted by Crippen LogP contribution is -2.42. The van der Waals surface area contributed by atoms with Gasteiger partial charge in [0.2, 0.25) is 0 Å². The van der Waals surface area contributed by atoms with E-state index in [1.165, 1.54) is 24.0 Å². The second-order valence-electron chi connectivity index (χ2n) is 7.97. The summed E-state index contributed by atoms with van der Waals surface area (Å²) in [5.74, 6) is 2.26. The summed E-state index contributed by atoms with van der Waals surface area (Å²) in [6, 6.07) is 6.67. The molecule has 0 bridgehead atoms. The van der Waals surface area contributed by atoms with Crippen molar-refractivity contribution in [2.45, 2.75) is 52.8 Å². The van der Waals surface area contributed by atoms with E-state index in [9.17, 15) is 0 Å². The highest BCUT2D eigenvalue weighted by Crippen LogP contribution is 2.29. The molecule has 1 aliphatic rings. The number of nitrogens with zero attached hydrogens (tertiary/aromatic N) is 2. The fourth-order valence-electron chi connectivity index (χ4n) is 3.74. The van der Waals surface area contributed by atoms with Crippen LogP contribution in [0, 0.1) is 13.8 Å². The minimum atomic E-state index is 0.415. The molecule has 3 rings (SSSR count). The molecule has 0 radical (unpaired) electrons. The molecule has 158 valence electrons. The van der Waals surface area contributed by atoms with Gasteiger partial charge in [0.15, 0.2) is 11.5 Å². The fourth-order valence-corrected chi connectivity index (χ4v) is 3.74. The van der Waals surface area contributed by atoms with E-state index in [2.05, 4.69) is 34.9 Å². The topological polar surface area (TPSA) is 59.8 Å². The van der Waals surface area contributed by atoms with Crippen molar-refractivity contribution in [1.82, 2.24) is 15.4 Å². The first-order valence-electron chi connectivity index (χ1n) is 10.3. The van der Waals surface area contributed by atoms with Gasteiger partial charge >= 0.3 is 0 Å². The highest BCUT2D eigenvalue weighted by Gasteiger charge is 2.19. The molecule has 0 aliphatic carbocycles. The Morgan fingerprint density at radius 3 is 2.66 bits per heavy atom. The van der Waals surface area contributed by atoms with Crippen molar-refractivity contribution in [3.05, 3.63) is 52.9 Å². The van der Waals surface area contributed by atoms with E-state index in [-0.39, 0.29) is 0 Å². The van der Waals surface area contributed by atoms with E-state index in [1.54, 1.807) is 7.11 Å². The molecule has 29 heavy (non-hydrogen) atoms. The first-order chi connectivity index (χ1) is 14.0. The van der Waals surface area contributed by atoms with Crippen LogP contribution in [0.15, 0.2) is 34.9 Å². The van der Waals surface area contributed by atoms with Crippen LogP contribution in [0.5, 0.6) is 11.5 Å². The quantitative estimate of drug-likeness (QED) is 0.643. The summed E-state index contributed by atoms with van der Waals surface area (Å²) in [4.78, 5) is 2.48. The number of ether oxygens (including phenoxy) is 2. The van der Waals surface area contributed by atoms with Gasteiger partial charge in [-0.15, -0.1) is 0 Å². The Morgan fingerprint density at radius 1 is 1.28 bits per heavy atom. The van der Waals surface area contributed by atoms with Crippen molar-refractivity contribution < 1.29 is 14.0 Å². The first-order valence-corrected chi connectivity index (χ1v) is 10.3. The number of benzene rings is 1. The number of methoxy groups -OCH3 is 1. The standard InChI is InChI=1S/C23H33N3O3/c1-16(2)14-26-10-8-20(9-11-26)24-13-19-6-7-22(23(12-19)27-5)28-15-21-17(3)25-29-18(21)4/h6-7,12,20,24H,1,8-11,13-15H2,2-5H3. The molecule has 2 aromatic rings. The lowest BCUT2D eigenvalue weighted by atomic mass is 10.0. The predicted molar refractivity (Wildman–Crippen MR) is 114 cm³/mol. The summed E-state index contributed by atoms with van der Waals surface area (Å²) in [5.41, 5.74) is 4.27. The lowest BCUT2D eigenvalue weighted by molar-refractivity contribution is 0.211. The van der Waals surface area contributed by atoms with Gasteiger partial charge in [-0.1, -0.05) is 23.4 Å². The summed E-state index contributed by atoms with van der Waals surface area (Å²) in [5, 5.41) is 7.66. The van der Waals surface area contributed by atoms with Gasteiger partial charge in [-0.25, -0.2) is 0 Å². The Hall–Kier alpha value is -2.31. The number of aryl methyl sites for hydroxylation is 2. The van der Waals surface area contributed by atoms with Gasteiger partial charge in [-0.3, -0.25) is 4.90 Å². The number of hydrogen-bond acceptors (Lipinski definition) is 6. The zero-order valence-electron chi connectivity index (χ0n) is 18.1. The third-order valence-electron chi connectivity index (χ3n) is 5.46. The maximum atomic E-state index is 5.97. The second-order valence-corrected chi connectivity index (χ2v) is 7.97. The molecule has 6 heteroatoms. The number of hydrogen-bond donors (Lipinski definition) is 1. The number of likely N-dealkylation sites (tertiary alicyclic amines) is 1. The van der Waals surface area contributed by atoms with Crippen LogP contribution in [0.25, 0.3) is 0 Å². The molecule has 0 saturated carbocycles. The molecule has 1 fully saturated rings.